The fraction of sp³-hybridized carbons (Fsp3) is 0.0952. The highest BCUT2D eigenvalue weighted by molar-refractivity contribution is 6.00. The maximum Gasteiger partial charge on any atom is 0.180 e. The molecule has 0 atom stereocenters. The minimum atomic E-state index is -0.132. The van der Waals surface area contributed by atoms with E-state index >= 15 is 0 Å². The van der Waals surface area contributed by atoms with Crippen molar-refractivity contribution in [3.05, 3.63) is 77.4 Å². The molecular formula is C21H19NO2. The van der Waals surface area contributed by atoms with Crippen LogP contribution in [0.15, 0.2) is 60.7 Å². The van der Waals surface area contributed by atoms with Gasteiger partial charge in [-0.1, -0.05) is 54.6 Å². The zero-order valence-corrected chi connectivity index (χ0v) is 13.5. The molecule has 3 heteroatoms. The Kier molecular flexibility index (Phi) is 4.73. The normalized spacial score (nSPS) is 11.1. The largest absolute Gasteiger partial charge is 0.496 e. The molecule has 0 heterocycles. The van der Waals surface area contributed by atoms with Crippen LogP contribution in [0.25, 0.3) is 22.9 Å². The Morgan fingerprint density at radius 2 is 1.62 bits per heavy atom. The molecule has 0 saturated carbocycles. The number of hydrogen-bond donors (Lipinski definition) is 1. The summed E-state index contributed by atoms with van der Waals surface area (Å²) in [7, 11) is 1.55. The first-order valence-electron chi connectivity index (χ1n) is 7.79. The van der Waals surface area contributed by atoms with Crippen LogP contribution >= 0.6 is 0 Å². The van der Waals surface area contributed by atoms with Crippen molar-refractivity contribution in [2.24, 2.45) is 5.73 Å². The van der Waals surface area contributed by atoms with Crippen molar-refractivity contribution >= 4 is 28.7 Å². The van der Waals surface area contributed by atoms with Crippen molar-refractivity contribution in [2.75, 3.05) is 13.7 Å². The quantitative estimate of drug-likeness (QED) is 0.568. The average molecular weight is 317 g/mol. The van der Waals surface area contributed by atoms with Crippen molar-refractivity contribution in [3.63, 3.8) is 0 Å². The molecular weight excluding hydrogens is 298 g/mol. The van der Waals surface area contributed by atoms with Crippen molar-refractivity contribution in [3.8, 4) is 5.75 Å². The summed E-state index contributed by atoms with van der Waals surface area (Å²) in [6, 6.07) is 20.1. The Balaban J connectivity index is 1.91. The first-order valence-corrected chi connectivity index (χ1v) is 7.79. The van der Waals surface area contributed by atoms with Gasteiger partial charge in [-0.2, -0.15) is 0 Å². The van der Waals surface area contributed by atoms with Crippen LogP contribution in [0.3, 0.4) is 0 Å². The van der Waals surface area contributed by atoms with Gasteiger partial charge in [-0.15, -0.1) is 0 Å². The van der Waals surface area contributed by atoms with E-state index in [1.807, 2.05) is 36.4 Å². The van der Waals surface area contributed by atoms with Crippen LogP contribution in [0.1, 0.15) is 21.5 Å². The molecule has 3 aromatic carbocycles. The van der Waals surface area contributed by atoms with E-state index in [-0.39, 0.29) is 12.3 Å². The second kappa shape index (κ2) is 7.11. The van der Waals surface area contributed by atoms with Gasteiger partial charge in [-0.3, -0.25) is 4.79 Å². The van der Waals surface area contributed by atoms with Gasteiger partial charge in [0.15, 0.2) is 5.78 Å². The number of carbonyl (C=O) groups excluding carboxylic acids is 1. The van der Waals surface area contributed by atoms with Crippen LogP contribution in [0.2, 0.25) is 0 Å². The number of hydrogen-bond acceptors (Lipinski definition) is 3. The van der Waals surface area contributed by atoms with E-state index in [0.717, 1.165) is 11.1 Å². The fourth-order valence-corrected chi connectivity index (χ4v) is 2.66. The number of ketones is 1. The summed E-state index contributed by atoms with van der Waals surface area (Å²) in [6.07, 6.45) is 4.02. The molecule has 2 N–H and O–H groups in total. The third-order valence-corrected chi connectivity index (χ3v) is 3.95. The first-order chi connectivity index (χ1) is 11.7. The molecule has 0 amide bonds. The van der Waals surface area contributed by atoms with Gasteiger partial charge in [0.25, 0.3) is 0 Å². The molecule has 24 heavy (non-hydrogen) atoms. The molecule has 0 unspecified atom stereocenters. The maximum absolute atomic E-state index is 11.9. The minimum Gasteiger partial charge on any atom is -0.496 e. The van der Waals surface area contributed by atoms with E-state index in [1.54, 1.807) is 13.2 Å². The second-order valence-corrected chi connectivity index (χ2v) is 5.53. The SMILES string of the molecule is COc1ccc(/C=C\c2ccc3ccccc3c2)cc1C(=O)CN. The molecule has 0 aliphatic heterocycles. The Morgan fingerprint density at radius 1 is 0.958 bits per heavy atom. The summed E-state index contributed by atoms with van der Waals surface area (Å²) in [5, 5.41) is 2.42. The molecule has 3 rings (SSSR count). The lowest BCUT2D eigenvalue weighted by atomic mass is 10.0. The highest BCUT2D eigenvalue weighted by Gasteiger charge is 2.10. The second-order valence-electron chi connectivity index (χ2n) is 5.53. The molecule has 0 aliphatic rings. The van der Waals surface area contributed by atoms with Crippen LogP contribution < -0.4 is 10.5 Å². The van der Waals surface area contributed by atoms with E-state index in [1.165, 1.54) is 10.8 Å². The molecule has 0 spiro atoms. The molecule has 3 nitrogen and oxygen atoms in total. The van der Waals surface area contributed by atoms with Gasteiger partial charge < -0.3 is 10.5 Å². The molecule has 3 aromatic rings. The molecule has 0 aromatic heterocycles. The topological polar surface area (TPSA) is 52.3 Å². The van der Waals surface area contributed by atoms with Gasteiger partial charge in [0.05, 0.1) is 19.2 Å². The third kappa shape index (κ3) is 3.36. The first kappa shape index (κ1) is 16.0. The van der Waals surface area contributed by atoms with E-state index in [9.17, 15) is 4.79 Å². The lowest BCUT2D eigenvalue weighted by Gasteiger charge is -2.07. The predicted octanol–water partition coefficient (Wildman–Crippen LogP) is 4.16. The number of Topliss-reactive ketones (excluding diaryl/α,β-unsaturated/α-hetero) is 1. The summed E-state index contributed by atoms with van der Waals surface area (Å²) in [6.45, 7) is -0.0335. The Labute approximate surface area is 141 Å². The fourth-order valence-electron chi connectivity index (χ4n) is 2.66. The summed E-state index contributed by atoms with van der Waals surface area (Å²) >= 11 is 0. The van der Waals surface area contributed by atoms with Crippen molar-refractivity contribution in [1.82, 2.24) is 0 Å². The van der Waals surface area contributed by atoms with E-state index < -0.39 is 0 Å². The molecule has 0 fully saturated rings. The molecule has 0 saturated heterocycles. The number of benzene rings is 3. The molecule has 0 aliphatic carbocycles. The molecule has 0 radical (unpaired) electrons. The number of carbonyl (C=O) groups is 1. The standard InChI is InChI=1S/C21H19NO2/c1-24-21-11-9-16(13-19(21)20(23)14-22)7-6-15-8-10-17-4-2-3-5-18(17)12-15/h2-13H,14,22H2,1H3/b7-6-. The van der Waals surface area contributed by atoms with Gasteiger partial charge in [0.2, 0.25) is 0 Å². The highest BCUT2D eigenvalue weighted by Crippen LogP contribution is 2.22. The van der Waals surface area contributed by atoms with Gasteiger partial charge in [-0.25, -0.2) is 0 Å². The maximum atomic E-state index is 11.9. The average Bonchev–Trinajstić information content (AvgIpc) is 2.65. The van der Waals surface area contributed by atoms with Crippen LogP contribution in [0.4, 0.5) is 0 Å². The zero-order chi connectivity index (χ0) is 16.9. The number of nitrogens with two attached hydrogens (primary N) is 1. The van der Waals surface area contributed by atoms with E-state index in [2.05, 4.69) is 30.3 Å². The van der Waals surface area contributed by atoms with Gasteiger partial charge >= 0.3 is 0 Å². The van der Waals surface area contributed by atoms with Crippen LogP contribution in [0.5, 0.6) is 5.75 Å². The number of methoxy groups -OCH3 is 1. The summed E-state index contributed by atoms with van der Waals surface area (Å²) in [4.78, 5) is 11.9. The van der Waals surface area contributed by atoms with Crippen LogP contribution in [-0.2, 0) is 0 Å². The minimum absolute atomic E-state index is 0.0335. The van der Waals surface area contributed by atoms with Crippen LogP contribution in [-0.4, -0.2) is 19.4 Å². The van der Waals surface area contributed by atoms with Crippen molar-refractivity contribution in [2.45, 2.75) is 0 Å². The number of rotatable bonds is 5. The van der Waals surface area contributed by atoms with E-state index in [4.69, 9.17) is 10.5 Å². The number of ether oxygens (including phenoxy) is 1. The number of fused-ring (bicyclic) bond motifs is 1. The third-order valence-electron chi connectivity index (χ3n) is 3.95. The monoisotopic (exact) mass is 317 g/mol. The van der Waals surface area contributed by atoms with Gasteiger partial charge in [0, 0.05) is 0 Å². The zero-order valence-electron chi connectivity index (χ0n) is 13.5. The highest BCUT2D eigenvalue weighted by atomic mass is 16.5. The predicted molar refractivity (Wildman–Crippen MR) is 99.3 cm³/mol. The van der Waals surface area contributed by atoms with Crippen molar-refractivity contribution < 1.29 is 9.53 Å². The Bertz CT molecular complexity index is 913. The lowest BCUT2D eigenvalue weighted by Crippen LogP contribution is -2.14. The lowest BCUT2D eigenvalue weighted by molar-refractivity contribution is 0.0998. The van der Waals surface area contributed by atoms with Gasteiger partial charge in [0.1, 0.15) is 5.75 Å². The van der Waals surface area contributed by atoms with E-state index in [0.29, 0.717) is 11.3 Å². The summed E-state index contributed by atoms with van der Waals surface area (Å²) in [5.41, 5.74) is 8.03. The van der Waals surface area contributed by atoms with Crippen molar-refractivity contribution in [1.29, 1.82) is 0 Å². The van der Waals surface area contributed by atoms with Crippen LogP contribution in [0, 0.1) is 0 Å². The smallest absolute Gasteiger partial charge is 0.180 e. The van der Waals surface area contributed by atoms with Gasteiger partial charge in [-0.05, 0) is 40.1 Å². The summed E-state index contributed by atoms with van der Waals surface area (Å²) < 4.78 is 5.23. The summed E-state index contributed by atoms with van der Waals surface area (Å²) in [5.74, 6) is 0.418. The molecule has 0 bridgehead atoms. The Hall–Kier alpha value is -2.91. The molecule has 120 valence electrons. The Morgan fingerprint density at radius 3 is 2.33 bits per heavy atom.